The van der Waals surface area contributed by atoms with Gasteiger partial charge in [-0.25, -0.2) is 4.79 Å². The van der Waals surface area contributed by atoms with Crippen LogP contribution in [-0.2, 0) is 17.8 Å². The number of nitrogens with zero attached hydrogens (tertiary/aromatic N) is 1. The number of carbonyl (C=O) groups excluding carboxylic acids is 1. The van der Waals surface area contributed by atoms with Crippen molar-refractivity contribution in [3.05, 3.63) is 75.1 Å². The van der Waals surface area contributed by atoms with Gasteiger partial charge in [-0.3, -0.25) is 14.2 Å². The van der Waals surface area contributed by atoms with Gasteiger partial charge in [0, 0.05) is 23.6 Å². The second kappa shape index (κ2) is 7.67. The van der Waals surface area contributed by atoms with Crippen LogP contribution in [0.1, 0.15) is 5.56 Å². The molecule has 0 unspecified atom stereocenters. The summed E-state index contributed by atoms with van der Waals surface area (Å²) in [5, 5.41) is 4.17. The summed E-state index contributed by atoms with van der Waals surface area (Å²) in [5.74, 6) is 0.364. The highest BCUT2D eigenvalue weighted by Crippen LogP contribution is 2.23. The van der Waals surface area contributed by atoms with Gasteiger partial charge in [-0.15, -0.1) is 0 Å². The number of hydrogen-bond donors (Lipinski definition) is 3. The fraction of sp³-hybridized carbons (Fsp3) is 0.190. The van der Waals surface area contributed by atoms with E-state index in [1.807, 2.05) is 24.4 Å². The number of ether oxygens (including phenoxy) is 1. The van der Waals surface area contributed by atoms with Gasteiger partial charge < -0.3 is 20.0 Å². The molecule has 0 aliphatic carbocycles. The highest BCUT2D eigenvalue weighted by atomic mass is 16.5. The lowest BCUT2D eigenvalue weighted by Gasteiger charge is -2.08. The summed E-state index contributed by atoms with van der Waals surface area (Å²) in [6.45, 7) is 0.0456. The molecule has 2 heterocycles. The number of rotatable bonds is 6. The van der Waals surface area contributed by atoms with E-state index in [9.17, 15) is 14.4 Å². The van der Waals surface area contributed by atoms with Gasteiger partial charge in [0.1, 0.15) is 12.3 Å². The molecule has 4 aromatic rings. The van der Waals surface area contributed by atoms with Gasteiger partial charge in [-0.1, -0.05) is 12.1 Å². The number of benzene rings is 2. The lowest BCUT2D eigenvalue weighted by molar-refractivity contribution is -0.121. The monoisotopic (exact) mass is 392 g/mol. The van der Waals surface area contributed by atoms with Gasteiger partial charge in [0.25, 0.3) is 5.56 Å². The number of hydrogen-bond acceptors (Lipinski definition) is 4. The van der Waals surface area contributed by atoms with E-state index < -0.39 is 17.2 Å². The van der Waals surface area contributed by atoms with Crippen LogP contribution in [0.25, 0.3) is 21.8 Å². The van der Waals surface area contributed by atoms with Crippen molar-refractivity contribution in [2.24, 2.45) is 0 Å². The number of carbonyl (C=O) groups is 1. The maximum Gasteiger partial charge on any atom is 0.329 e. The molecule has 0 aliphatic heterocycles. The maximum atomic E-state index is 12.5. The number of nitrogens with one attached hydrogen (secondary N) is 3. The maximum absolute atomic E-state index is 12.5. The van der Waals surface area contributed by atoms with Crippen molar-refractivity contribution < 1.29 is 9.53 Å². The Bertz CT molecular complexity index is 1320. The first-order valence-electron chi connectivity index (χ1n) is 9.19. The zero-order chi connectivity index (χ0) is 20.4. The van der Waals surface area contributed by atoms with Gasteiger partial charge in [0.15, 0.2) is 0 Å². The van der Waals surface area contributed by atoms with Gasteiger partial charge in [0.05, 0.1) is 18.0 Å². The lowest BCUT2D eigenvalue weighted by atomic mass is 10.1. The van der Waals surface area contributed by atoms with E-state index in [0.29, 0.717) is 23.9 Å². The summed E-state index contributed by atoms with van der Waals surface area (Å²) in [7, 11) is 1.62. The molecule has 0 saturated carbocycles. The van der Waals surface area contributed by atoms with E-state index in [1.54, 1.807) is 31.4 Å². The average Bonchev–Trinajstić information content (AvgIpc) is 3.13. The Kier molecular flexibility index (Phi) is 4.90. The molecule has 1 amide bonds. The van der Waals surface area contributed by atoms with Crippen molar-refractivity contribution in [3.63, 3.8) is 0 Å². The van der Waals surface area contributed by atoms with E-state index in [2.05, 4.69) is 15.3 Å². The molecular formula is C21H20N4O4. The molecular weight excluding hydrogens is 372 g/mol. The van der Waals surface area contributed by atoms with E-state index in [0.717, 1.165) is 26.8 Å². The van der Waals surface area contributed by atoms with Crippen molar-refractivity contribution in [3.8, 4) is 5.75 Å². The molecule has 0 saturated heterocycles. The molecule has 148 valence electrons. The number of amides is 1. The van der Waals surface area contributed by atoms with Crippen molar-refractivity contribution in [1.29, 1.82) is 0 Å². The predicted octanol–water partition coefficient (Wildman–Crippen LogP) is 1.54. The van der Waals surface area contributed by atoms with E-state index in [4.69, 9.17) is 4.74 Å². The number of methoxy groups -OCH3 is 1. The molecule has 0 bridgehead atoms. The van der Waals surface area contributed by atoms with Crippen LogP contribution < -0.4 is 21.3 Å². The van der Waals surface area contributed by atoms with Crippen LogP contribution in [-0.4, -0.2) is 34.1 Å². The third kappa shape index (κ3) is 3.64. The topological polar surface area (TPSA) is 109 Å². The minimum absolute atomic E-state index is 0.333. The summed E-state index contributed by atoms with van der Waals surface area (Å²) in [6.07, 6.45) is 2.50. The van der Waals surface area contributed by atoms with Crippen molar-refractivity contribution >= 4 is 27.7 Å². The normalized spacial score (nSPS) is 11.1. The quantitative estimate of drug-likeness (QED) is 0.462. The lowest BCUT2D eigenvalue weighted by Crippen LogP contribution is -2.41. The third-order valence-corrected chi connectivity index (χ3v) is 4.88. The fourth-order valence-corrected chi connectivity index (χ4v) is 3.37. The zero-order valence-corrected chi connectivity index (χ0v) is 15.8. The standard InChI is InChI=1S/C21H20N4O4/c1-29-14-6-7-17-16(10-14)13(11-23-17)8-9-22-19(26)12-25-20(27)15-4-2-3-5-18(15)24-21(25)28/h2-7,10-11,23H,8-9,12H2,1H3,(H,22,26)(H,24,28). The Morgan fingerprint density at radius 2 is 1.93 bits per heavy atom. The number of H-pyrrole nitrogens is 2. The van der Waals surface area contributed by atoms with Crippen LogP contribution in [0.2, 0.25) is 0 Å². The fourth-order valence-electron chi connectivity index (χ4n) is 3.37. The Balaban J connectivity index is 1.44. The summed E-state index contributed by atoms with van der Waals surface area (Å²) in [4.78, 5) is 42.8. The van der Waals surface area contributed by atoms with E-state index >= 15 is 0 Å². The third-order valence-electron chi connectivity index (χ3n) is 4.88. The largest absolute Gasteiger partial charge is 0.497 e. The molecule has 4 rings (SSSR count). The first kappa shape index (κ1) is 18.5. The molecule has 8 nitrogen and oxygen atoms in total. The van der Waals surface area contributed by atoms with Gasteiger partial charge >= 0.3 is 5.69 Å². The zero-order valence-electron chi connectivity index (χ0n) is 15.8. The minimum Gasteiger partial charge on any atom is -0.497 e. The molecule has 3 N–H and O–H groups in total. The second-order valence-corrected chi connectivity index (χ2v) is 6.69. The average molecular weight is 392 g/mol. The van der Waals surface area contributed by atoms with Gasteiger partial charge in [-0.05, 0) is 42.3 Å². The smallest absolute Gasteiger partial charge is 0.329 e. The molecule has 29 heavy (non-hydrogen) atoms. The van der Waals surface area contributed by atoms with Crippen LogP contribution >= 0.6 is 0 Å². The molecule has 2 aromatic carbocycles. The van der Waals surface area contributed by atoms with Crippen LogP contribution in [0.5, 0.6) is 5.75 Å². The van der Waals surface area contributed by atoms with Gasteiger partial charge in [-0.2, -0.15) is 0 Å². The summed E-state index contributed by atoms with van der Waals surface area (Å²) in [6, 6.07) is 12.5. The summed E-state index contributed by atoms with van der Waals surface area (Å²) in [5.41, 5.74) is 1.39. The van der Waals surface area contributed by atoms with Crippen molar-refractivity contribution in [1.82, 2.24) is 19.9 Å². The first-order valence-corrected chi connectivity index (χ1v) is 9.19. The number of para-hydroxylation sites is 1. The number of fused-ring (bicyclic) bond motifs is 2. The molecule has 8 heteroatoms. The Hall–Kier alpha value is -3.81. The highest BCUT2D eigenvalue weighted by molar-refractivity contribution is 5.85. The van der Waals surface area contributed by atoms with E-state index in [-0.39, 0.29) is 6.54 Å². The SMILES string of the molecule is COc1ccc2[nH]cc(CCNC(=O)Cn3c(=O)[nH]c4ccccc4c3=O)c2c1. The Labute approximate surface area is 165 Å². The van der Waals surface area contributed by atoms with Crippen LogP contribution in [0.3, 0.4) is 0 Å². The first-order chi connectivity index (χ1) is 14.1. The van der Waals surface area contributed by atoms with Gasteiger partial charge in [0.2, 0.25) is 5.91 Å². The molecule has 0 radical (unpaired) electrons. The molecule has 0 fully saturated rings. The minimum atomic E-state index is -0.604. The molecule has 2 aromatic heterocycles. The number of aromatic nitrogens is 3. The molecule has 0 aliphatic rings. The van der Waals surface area contributed by atoms with Crippen LogP contribution in [0.15, 0.2) is 58.3 Å². The Morgan fingerprint density at radius 1 is 1.10 bits per heavy atom. The van der Waals surface area contributed by atoms with Crippen molar-refractivity contribution in [2.75, 3.05) is 13.7 Å². The van der Waals surface area contributed by atoms with Crippen molar-refractivity contribution in [2.45, 2.75) is 13.0 Å². The second-order valence-electron chi connectivity index (χ2n) is 6.69. The highest BCUT2D eigenvalue weighted by Gasteiger charge is 2.11. The van der Waals surface area contributed by atoms with Crippen LogP contribution in [0.4, 0.5) is 0 Å². The number of aromatic amines is 2. The predicted molar refractivity (Wildman–Crippen MR) is 110 cm³/mol. The molecule has 0 spiro atoms. The summed E-state index contributed by atoms with van der Waals surface area (Å²) < 4.78 is 6.17. The van der Waals surface area contributed by atoms with Crippen LogP contribution in [0, 0.1) is 0 Å². The van der Waals surface area contributed by atoms with E-state index in [1.165, 1.54) is 0 Å². The Morgan fingerprint density at radius 3 is 2.76 bits per heavy atom. The summed E-state index contributed by atoms with van der Waals surface area (Å²) >= 11 is 0. The molecule has 0 atom stereocenters.